The molecule has 4 nitrogen and oxygen atoms in total. The Morgan fingerprint density at radius 1 is 1.04 bits per heavy atom. The number of alkyl halides is 3. The highest BCUT2D eigenvalue weighted by Crippen LogP contribution is 2.31. The van der Waals surface area contributed by atoms with Crippen LogP contribution in [0.1, 0.15) is 21.5 Å². The normalized spacial score (nSPS) is 14.9. The molecule has 0 atom stereocenters. The van der Waals surface area contributed by atoms with E-state index in [1.807, 2.05) is 24.3 Å². The van der Waals surface area contributed by atoms with E-state index in [9.17, 15) is 18.0 Å². The molecule has 0 aromatic heterocycles. The highest BCUT2D eigenvalue weighted by molar-refractivity contribution is 5.95. The van der Waals surface area contributed by atoms with E-state index in [1.54, 1.807) is 0 Å². The maximum atomic E-state index is 13.0. The molecule has 1 aliphatic rings. The van der Waals surface area contributed by atoms with Crippen LogP contribution in [0.4, 0.5) is 18.9 Å². The van der Waals surface area contributed by atoms with E-state index >= 15 is 0 Å². The molecule has 3 rings (SSSR count). The van der Waals surface area contributed by atoms with E-state index in [2.05, 4.69) is 10.2 Å². The second kappa shape index (κ2) is 8.43. The predicted octanol–water partition coefficient (Wildman–Crippen LogP) is 3.51. The first-order valence-electron chi connectivity index (χ1n) is 8.81. The standard InChI is InChI=1S/C20H21F3N2O2/c21-20(22,23)18-4-2-1-3-17(18)19(26)24-10-9-15-5-7-16(8-6-15)25-11-13-27-14-12-25/h1-8H,9-14H2,(H,24,26). The number of anilines is 1. The number of ether oxygens (including phenoxy) is 1. The van der Waals surface area contributed by atoms with Crippen molar-refractivity contribution in [1.29, 1.82) is 0 Å². The fraction of sp³-hybridized carbons (Fsp3) is 0.350. The van der Waals surface area contributed by atoms with Crippen LogP contribution in [0.5, 0.6) is 0 Å². The molecule has 1 amide bonds. The maximum absolute atomic E-state index is 13.0. The molecule has 0 bridgehead atoms. The molecule has 0 spiro atoms. The summed E-state index contributed by atoms with van der Waals surface area (Å²) in [5, 5.41) is 2.57. The summed E-state index contributed by atoms with van der Waals surface area (Å²) < 4.78 is 44.3. The Morgan fingerprint density at radius 2 is 1.70 bits per heavy atom. The Balaban J connectivity index is 1.55. The second-order valence-corrected chi connectivity index (χ2v) is 6.32. The summed E-state index contributed by atoms with van der Waals surface area (Å²) in [6.45, 7) is 3.41. The Bertz CT molecular complexity index is 770. The van der Waals surface area contributed by atoms with Crippen LogP contribution < -0.4 is 10.2 Å². The van der Waals surface area contributed by atoms with Crippen LogP contribution in [-0.4, -0.2) is 38.8 Å². The second-order valence-electron chi connectivity index (χ2n) is 6.32. The van der Waals surface area contributed by atoms with Gasteiger partial charge in [0.05, 0.1) is 24.3 Å². The topological polar surface area (TPSA) is 41.6 Å². The van der Waals surface area contributed by atoms with Crippen LogP contribution >= 0.6 is 0 Å². The van der Waals surface area contributed by atoms with Gasteiger partial charge < -0.3 is 15.0 Å². The van der Waals surface area contributed by atoms with Crippen LogP contribution in [0.2, 0.25) is 0 Å². The SMILES string of the molecule is O=C(NCCc1ccc(N2CCOCC2)cc1)c1ccccc1C(F)(F)F. The average molecular weight is 378 g/mol. The minimum atomic E-state index is -4.55. The minimum absolute atomic E-state index is 0.266. The molecule has 1 N–H and O–H groups in total. The van der Waals surface area contributed by atoms with Crippen LogP contribution in [0.25, 0.3) is 0 Å². The van der Waals surface area contributed by atoms with E-state index in [0.29, 0.717) is 19.6 Å². The largest absolute Gasteiger partial charge is 0.417 e. The van der Waals surface area contributed by atoms with Crippen LogP contribution in [0, 0.1) is 0 Å². The Labute approximate surface area is 155 Å². The fourth-order valence-electron chi connectivity index (χ4n) is 3.04. The highest BCUT2D eigenvalue weighted by Gasteiger charge is 2.34. The van der Waals surface area contributed by atoms with E-state index in [1.165, 1.54) is 18.2 Å². The Kier molecular flexibility index (Phi) is 6.01. The van der Waals surface area contributed by atoms with Gasteiger partial charge in [-0.25, -0.2) is 0 Å². The van der Waals surface area contributed by atoms with Gasteiger partial charge in [0, 0.05) is 25.3 Å². The lowest BCUT2D eigenvalue weighted by atomic mass is 10.1. The number of carbonyl (C=O) groups excluding carboxylic acids is 1. The molecule has 0 unspecified atom stereocenters. The van der Waals surface area contributed by atoms with Crippen molar-refractivity contribution in [2.45, 2.75) is 12.6 Å². The van der Waals surface area contributed by atoms with Gasteiger partial charge in [0.25, 0.3) is 5.91 Å². The van der Waals surface area contributed by atoms with Crippen molar-refractivity contribution in [3.63, 3.8) is 0 Å². The zero-order valence-corrected chi connectivity index (χ0v) is 14.8. The smallest absolute Gasteiger partial charge is 0.378 e. The molecule has 144 valence electrons. The molecule has 27 heavy (non-hydrogen) atoms. The van der Waals surface area contributed by atoms with Crippen LogP contribution in [0.15, 0.2) is 48.5 Å². The first kappa shape index (κ1) is 19.2. The molecule has 2 aromatic carbocycles. The van der Waals surface area contributed by atoms with Crippen molar-refractivity contribution in [1.82, 2.24) is 5.32 Å². The first-order valence-corrected chi connectivity index (χ1v) is 8.81. The molecule has 0 saturated carbocycles. The number of rotatable bonds is 5. The molecular formula is C20H21F3N2O2. The van der Waals surface area contributed by atoms with Crippen molar-refractivity contribution >= 4 is 11.6 Å². The average Bonchev–Trinajstić information content (AvgIpc) is 2.68. The summed E-state index contributed by atoms with van der Waals surface area (Å²) >= 11 is 0. The van der Waals surface area contributed by atoms with E-state index in [-0.39, 0.29) is 12.1 Å². The van der Waals surface area contributed by atoms with Crippen molar-refractivity contribution in [2.75, 3.05) is 37.7 Å². The summed E-state index contributed by atoms with van der Waals surface area (Å²) in [5.74, 6) is -0.715. The van der Waals surface area contributed by atoms with Gasteiger partial charge in [-0.1, -0.05) is 24.3 Å². The van der Waals surface area contributed by atoms with Gasteiger partial charge in [-0.2, -0.15) is 13.2 Å². The van der Waals surface area contributed by atoms with E-state index in [0.717, 1.165) is 30.4 Å². The highest BCUT2D eigenvalue weighted by atomic mass is 19.4. The summed E-state index contributed by atoms with van der Waals surface area (Å²) in [7, 11) is 0. The monoisotopic (exact) mass is 378 g/mol. The number of carbonyl (C=O) groups is 1. The number of nitrogens with one attached hydrogen (secondary N) is 1. The van der Waals surface area contributed by atoms with Crippen molar-refractivity contribution in [3.05, 3.63) is 65.2 Å². The molecule has 2 aromatic rings. The lowest BCUT2D eigenvalue weighted by Gasteiger charge is -2.28. The lowest BCUT2D eigenvalue weighted by molar-refractivity contribution is -0.137. The zero-order valence-electron chi connectivity index (χ0n) is 14.8. The predicted molar refractivity (Wildman–Crippen MR) is 97.0 cm³/mol. The number of hydrogen-bond acceptors (Lipinski definition) is 3. The number of hydrogen-bond donors (Lipinski definition) is 1. The van der Waals surface area contributed by atoms with Gasteiger partial charge in [0.15, 0.2) is 0 Å². The molecular weight excluding hydrogens is 357 g/mol. The summed E-state index contributed by atoms with van der Waals surface area (Å²) in [5.41, 5.74) is 0.853. The van der Waals surface area contributed by atoms with Crippen LogP contribution in [0.3, 0.4) is 0 Å². The summed E-state index contributed by atoms with van der Waals surface area (Å²) in [4.78, 5) is 14.4. The molecule has 1 saturated heterocycles. The van der Waals surface area contributed by atoms with Gasteiger partial charge in [0.2, 0.25) is 0 Å². The van der Waals surface area contributed by atoms with Gasteiger partial charge in [-0.3, -0.25) is 4.79 Å². The van der Waals surface area contributed by atoms with E-state index < -0.39 is 17.6 Å². The summed E-state index contributed by atoms with van der Waals surface area (Å²) in [6.07, 6.45) is -4.01. The number of amides is 1. The van der Waals surface area contributed by atoms with Crippen molar-refractivity contribution in [2.24, 2.45) is 0 Å². The number of nitrogens with zero attached hydrogens (tertiary/aromatic N) is 1. The maximum Gasteiger partial charge on any atom is 0.417 e. The summed E-state index contributed by atoms with van der Waals surface area (Å²) in [6, 6.07) is 12.8. The molecule has 1 aliphatic heterocycles. The third-order valence-electron chi connectivity index (χ3n) is 4.49. The Morgan fingerprint density at radius 3 is 2.37 bits per heavy atom. The minimum Gasteiger partial charge on any atom is -0.378 e. The molecule has 7 heteroatoms. The number of benzene rings is 2. The van der Waals surface area contributed by atoms with Gasteiger partial charge in [0.1, 0.15) is 0 Å². The third-order valence-corrected chi connectivity index (χ3v) is 4.49. The Hall–Kier alpha value is -2.54. The van der Waals surface area contributed by atoms with Crippen molar-refractivity contribution in [3.8, 4) is 0 Å². The van der Waals surface area contributed by atoms with Gasteiger partial charge in [-0.15, -0.1) is 0 Å². The number of morpholine rings is 1. The number of halogens is 3. The first-order chi connectivity index (χ1) is 12.9. The van der Waals surface area contributed by atoms with Gasteiger partial charge in [-0.05, 0) is 36.2 Å². The molecule has 1 fully saturated rings. The molecule has 0 aliphatic carbocycles. The fourth-order valence-corrected chi connectivity index (χ4v) is 3.04. The zero-order chi connectivity index (χ0) is 19.3. The van der Waals surface area contributed by atoms with E-state index in [4.69, 9.17) is 4.74 Å². The molecule has 1 heterocycles. The van der Waals surface area contributed by atoms with Gasteiger partial charge >= 0.3 is 6.18 Å². The lowest BCUT2D eigenvalue weighted by Crippen LogP contribution is -2.36. The quantitative estimate of drug-likeness (QED) is 0.866. The van der Waals surface area contributed by atoms with Crippen molar-refractivity contribution < 1.29 is 22.7 Å². The molecule has 0 radical (unpaired) electrons. The third kappa shape index (κ3) is 5.01. The van der Waals surface area contributed by atoms with Crippen LogP contribution in [-0.2, 0) is 17.3 Å².